The van der Waals surface area contributed by atoms with Gasteiger partial charge in [0.1, 0.15) is 5.69 Å². The topological polar surface area (TPSA) is 64.7 Å². The second-order valence-electron chi connectivity index (χ2n) is 6.06. The Bertz CT molecular complexity index is 991. The number of benzene rings is 1. The van der Waals surface area contributed by atoms with Gasteiger partial charge in [-0.25, -0.2) is 9.67 Å². The normalized spacial score (nSPS) is 10.8. The summed E-state index contributed by atoms with van der Waals surface area (Å²) in [5.41, 5.74) is 2.22. The van der Waals surface area contributed by atoms with Crippen molar-refractivity contribution in [3.05, 3.63) is 78.3 Å². The van der Waals surface area contributed by atoms with E-state index in [2.05, 4.69) is 15.4 Å². The van der Waals surface area contributed by atoms with Crippen LogP contribution in [0.3, 0.4) is 0 Å². The van der Waals surface area contributed by atoms with Crippen LogP contribution in [-0.4, -0.2) is 31.8 Å². The summed E-state index contributed by atoms with van der Waals surface area (Å²) < 4.78 is 3.76. The Balaban J connectivity index is 1.51. The number of hydrogen-bond donors (Lipinski definition) is 1. The van der Waals surface area contributed by atoms with Crippen molar-refractivity contribution in [3.8, 4) is 16.3 Å². The fourth-order valence-electron chi connectivity index (χ4n) is 2.83. The molecule has 4 rings (SSSR count). The second-order valence-corrected chi connectivity index (χ2v) is 7.01. The number of amides is 1. The van der Waals surface area contributed by atoms with Crippen LogP contribution in [0.25, 0.3) is 16.3 Å². The molecule has 1 aromatic carbocycles. The van der Waals surface area contributed by atoms with E-state index in [0.29, 0.717) is 17.8 Å². The highest BCUT2D eigenvalue weighted by Crippen LogP contribution is 2.27. The van der Waals surface area contributed by atoms with Crippen molar-refractivity contribution in [2.45, 2.75) is 13.0 Å². The number of para-hydroxylation sites is 1. The van der Waals surface area contributed by atoms with Gasteiger partial charge in [0.25, 0.3) is 5.91 Å². The highest BCUT2D eigenvalue weighted by atomic mass is 32.1. The molecule has 27 heavy (non-hydrogen) atoms. The van der Waals surface area contributed by atoms with Gasteiger partial charge in [0.2, 0.25) is 0 Å². The average molecular weight is 377 g/mol. The van der Waals surface area contributed by atoms with Crippen molar-refractivity contribution in [2.75, 3.05) is 6.54 Å². The molecule has 0 saturated carbocycles. The van der Waals surface area contributed by atoms with Gasteiger partial charge in [-0.2, -0.15) is 5.10 Å². The minimum Gasteiger partial charge on any atom is -0.352 e. The highest BCUT2D eigenvalue weighted by molar-refractivity contribution is 7.13. The third-order valence-electron chi connectivity index (χ3n) is 4.17. The molecule has 136 valence electrons. The Morgan fingerprint density at radius 2 is 2.04 bits per heavy atom. The molecule has 0 saturated heterocycles. The molecular formula is C20H19N5OS. The first-order valence-corrected chi connectivity index (χ1v) is 9.62. The monoisotopic (exact) mass is 377 g/mol. The van der Waals surface area contributed by atoms with Crippen LogP contribution in [0, 0.1) is 0 Å². The third kappa shape index (κ3) is 3.98. The molecular weight excluding hydrogens is 358 g/mol. The van der Waals surface area contributed by atoms with Gasteiger partial charge in [0.15, 0.2) is 0 Å². The van der Waals surface area contributed by atoms with Crippen LogP contribution in [0.1, 0.15) is 16.8 Å². The summed E-state index contributed by atoms with van der Waals surface area (Å²) in [6.07, 6.45) is 8.09. The number of nitrogens with zero attached hydrogens (tertiary/aromatic N) is 4. The van der Waals surface area contributed by atoms with E-state index in [1.54, 1.807) is 34.7 Å². The van der Waals surface area contributed by atoms with Crippen molar-refractivity contribution in [1.82, 2.24) is 24.6 Å². The van der Waals surface area contributed by atoms with Gasteiger partial charge in [-0.3, -0.25) is 4.79 Å². The first kappa shape index (κ1) is 17.2. The summed E-state index contributed by atoms with van der Waals surface area (Å²) in [6.45, 7) is 1.42. The van der Waals surface area contributed by atoms with E-state index in [1.807, 2.05) is 58.6 Å². The lowest BCUT2D eigenvalue weighted by molar-refractivity contribution is 0.0953. The summed E-state index contributed by atoms with van der Waals surface area (Å²) in [5.74, 6) is -0.105. The minimum absolute atomic E-state index is 0.105. The first-order valence-electron chi connectivity index (χ1n) is 8.74. The molecule has 7 heteroatoms. The van der Waals surface area contributed by atoms with E-state index >= 15 is 0 Å². The number of aromatic nitrogens is 4. The number of carbonyl (C=O) groups excluding carboxylic acids is 1. The van der Waals surface area contributed by atoms with E-state index in [1.165, 1.54) is 0 Å². The Labute approximate surface area is 161 Å². The van der Waals surface area contributed by atoms with Gasteiger partial charge < -0.3 is 9.88 Å². The van der Waals surface area contributed by atoms with Gasteiger partial charge in [0, 0.05) is 31.7 Å². The summed E-state index contributed by atoms with van der Waals surface area (Å²) in [5, 5.41) is 9.66. The zero-order valence-electron chi connectivity index (χ0n) is 14.7. The fourth-order valence-corrected chi connectivity index (χ4v) is 3.55. The summed E-state index contributed by atoms with van der Waals surface area (Å²) in [6, 6.07) is 13.8. The second kappa shape index (κ2) is 8.01. The molecule has 3 heterocycles. The number of thiophene rings is 1. The average Bonchev–Trinajstić information content (AvgIpc) is 3.47. The number of nitrogens with one attached hydrogen (secondary N) is 1. The van der Waals surface area contributed by atoms with Gasteiger partial charge in [-0.1, -0.05) is 24.3 Å². The molecule has 1 N–H and O–H groups in total. The van der Waals surface area contributed by atoms with Crippen molar-refractivity contribution in [1.29, 1.82) is 0 Å². The molecule has 4 aromatic rings. The van der Waals surface area contributed by atoms with Gasteiger partial charge in [-0.05, 0) is 30.0 Å². The number of hydrogen-bond acceptors (Lipinski definition) is 4. The quantitative estimate of drug-likeness (QED) is 0.500. The Morgan fingerprint density at radius 3 is 2.78 bits per heavy atom. The van der Waals surface area contributed by atoms with E-state index in [9.17, 15) is 4.79 Å². The van der Waals surface area contributed by atoms with Crippen LogP contribution >= 0.6 is 11.3 Å². The Morgan fingerprint density at radius 1 is 1.15 bits per heavy atom. The molecule has 1 amide bonds. The van der Waals surface area contributed by atoms with Crippen molar-refractivity contribution >= 4 is 17.2 Å². The maximum absolute atomic E-state index is 12.8. The summed E-state index contributed by atoms with van der Waals surface area (Å²) in [4.78, 5) is 17.8. The van der Waals surface area contributed by atoms with Gasteiger partial charge in [-0.15, -0.1) is 11.3 Å². The third-order valence-corrected chi connectivity index (χ3v) is 5.05. The van der Waals surface area contributed by atoms with Crippen LogP contribution in [0.5, 0.6) is 0 Å². The summed E-state index contributed by atoms with van der Waals surface area (Å²) >= 11 is 1.58. The van der Waals surface area contributed by atoms with Gasteiger partial charge >= 0.3 is 0 Å². The highest BCUT2D eigenvalue weighted by Gasteiger charge is 2.19. The van der Waals surface area contributed by atoms with E-state index < -0.39 is 0 Å². The smallest absolute Gasteiger partial charge is 0.255 e. The Hall–Kier alpha value is -3.19. The number of rotatable bonds is 7. The van der Waals surface area contributed by atoms with Crippen LogP contribution in [0.2, 0.25) is 0 Å². The minimum atomic E-state index is -0.105. The summed E-state index contributed by atoms with van der Waals surface area (Å²) in [7, 11) is 0. The van der Waals surface area contributed by atoms with Crippen molar-refractivity contribution in [2.24, 2.45) is 0 Å². The van der Waals surface area contributed by atoms with Crippen LogP contribution in [-0.2, 0) is 6.54 Å². The van der Waals surface area contributed by atoms with E-state index in [0.717, 1.165) is 23.5 Å². The van der Waals surface area contributed by atoms with E-state index in [4.69, 9.17) is 0 Å². The lowest BCUT2D eigenvalue weighted by Crippen LogP contribution is -2.25. The van der Waals surface area contributed by atoms with Crippen LogP contribution in [0.4, 0.5) is 0 Å². The predicted molar refractivity (Wildman–Crippen MR) is 106 cm³/mol. The number of carbonyl (C=O) groups is 1. The molecule has 6 nitrogen and oxygen atoms in total. The molecule has 0 aliphatic rings. The zero-order valence-corrected chi connectivity index (χ0v) is 15.5. The SMILES string of the molecule is O=C(NCCCn1ccnc1)c1cn(-c2ccccc2)nc1-c1cccs1. The van der Waals surface area contributed by atoms with E-state index in [-0.39, 0.29) is 5.91 Å². The molecule has 0 spiro atoms. The van der Waals surface area contributed by atoms with Crippen LogP contribution < -0.4 is 5.32 Å². The number of aryl methyl sites for hydroxylation is 1. The van der Waals surface area contributed by atoms with Crippen LogP contribution in [0.15, 0.2) is 72.8 Å². The lowest BCUT2D eigenvalue weighted by Gasteiger charge is -2.05. The first-order chi connectivity index (χ1) is 13.3. The van der Waals surface area contributed by atoms with Crippen molar-refractivity contribution in [3.63, 3.8) is 0 Å². The molecule has 0 radical (unpaired) electrons. The zero-order chi connectivity index (χ0) is 18.5. The molecule has 0 unspecified atom stereocenters. The fraction of sp³-hybridized carbons (Fsp3) is 0.150. The largest absolute Gasteiger partial charge is 0.352 e. The van der Waals surface area contributed by atoms with Gasteiger partial charge in [0.05, 0.1) is 22.5 Å². The number of imidazole rings is 1. The molecule has 3 aromatic heterocycles. The molecule has 0 aliphatic carbocycles. The maximum Gasteiger partial charge on any atom is 0.255 e. The Kier molecular flexibility index (Phi) is 5.11. The molecule has 0 aliphatic heterocycles. The standard InChI is InChI=1S/C20H19N5OS/c26-20(22-9-5-11-24-12-10-21-15-24)17-14-25(16-6-2-1-3-7-16)23-19(17)18-8-4-13-27-18/h1-4,6-8,10,12-15H,5,9,11H2,(H,22,26). The molecule has 0 bridgehead atoms. The molecule has 0 fully saturated rings. The lowest BCUT2D eigenvalue weighted by atomic mass is 10.2. The van der Waals surface area contributed by atoms with Crippen molar-refractivity contribution < 1.29 is 4.79 Å². The molecule has 0 atom stereocenters. The predicted octanol–water partition coefficient (Wildman–Crippen LogP) is 3.62. The maximum atomic E-state index is 12.8.